The van der Waals surface area contributed by atoms with E-state index in [1.807, 2.05) is 29.0 Å². The van der Waals surface area contributed by atoms with Gasteiger partial charge in [-0.15, -0.1) is 0 Å². The molecule has 1 unspecified atom stereocenters. The first kappa shape index (κ1) is 13.1. The van der Waals surface area contributed by atoms with Gasteiger partial charge in [-0.1, -0.05) is 22.0 Å². The minimum Gasteiger partial charge on any atom is -0.480 e. The lowest BCUT2D eigenvalue weighted by atomic mass is 10.1. The van der Waals surface area contributed by atoms with Crippen LogP contribution in [0.5, 0.6) is 0 Å². The summed E-state index contributed by atoms with van der Waals surface area (Å²) in [6.45, 7) is 4.10. The molecule has 0 aliphatic carbocycles. The maximum absolute atomic E-state index is 11.1. The average Bonchev–Trinajstić information content (AvgIpc) is 2.68. The topological polar surface area (TPSA) is 68.2 Å². The molecule has 96 valence electrons. The van der Waals surface area contributed by atoms with Gasteiger partial charge < -0.3 is 15.4 Å². The van der Waals surface area contributed by atoms with Crippen LogP contribution in [0.25, 0.3) is 10.9 Å². The van der Waals surface area contributed by atoms with Crippen molar-refractivity contribution >= 4 is 32.8 Å². The van der Waals surface area contributed by atoms with E-state index in [1.165, 1.54) is 0 Å². The molecule has 0 aliphatic rings. The first-order valence-corrected chi connectivity index (χ1v) is 6.50. The summed E-state index contributed by atoms with van der Waals surface area (Å²) in [5.41, 5.74) is 7.38. The molecule has 0 fully saturated rings. The van der Waals surface area contributed by atoms with Crippen molar-refractivity contribution in [1.29, 1.82) is 0 Å². The molecule has 0 bridgehead atoms. The number of carbonyl (C=O) groups is 1. The second kappa shape index (κ2) is 4.74. The van der Waals surface area contributed by atoms with E-state index in [9.17, 15) is 4.79 Å². The van der Waals surface area contributed by atoms with Crippen molar-refractivity contribution in [3.05, 3.63) is 34.4 Å². The highest BCUT2D eigenvalue weighted by molar-refractivity contribution is 9.10. The lowest BCUT2D eigenvalue weighted by Crippen LogP contribution is -2.20. The number of rotatable bonds is 3. The van der Waals surface area contributed by atoms with Crippen LogP contribution >= 0.6 is 15.9 Å². The van der Waals surface area contributed by atoms with E-state index in [-0.39, 0.29) is 6.04 Å². The fraction of sp³-hybridized carbons (Fsp3) is 0.308. The zero-order chi connectivity index (χ0) is 13.4. The van der Waals surface area contributed by atoms with E-state index >= 15 is 0 Å². The summed E-state index contributed by atoms with van der Waals surface area (Å²) in [4.78, 5) is 11.1. The van der Waals surface area contributed by atoms with Crippen LogP contribution in [-0.2, 0) is 4.79 Å². The number of benzene rings is 1. The number of fused-ring (bicyclic) bond motifs is 1. The second-order valence-electron chi connectivity index (χ2n) is 4.54. The van der Waals surface area contributed by atoms with Gasteiger partial charge in [0.25, 0.3) is 0 Å². The maximum atomic E-state index is 11.1. The SMILES string of the molecule is CC(C)n1cc(C(N)C(=O)O)c2c(Br)cccc21. The zero-order valence-corrected chi connectivity index (χ0v) is 11.8. The Bertz CT molecular complexity index is 604. The molecule has 2 rings (SSSR count). The number of nitrogens with zero attached hydrogens (tertiary/aromatic N) is 1. The van der Waals surface area contributed by atoms with Crippen molar-refractivity contribution in [2.24, 2.45) is 5.73 Å². The molecule has 2 aromatic rings. The van der Waals surface area contributed by atoms with Gasteiger partial charge in [0.05, 0.1) is 0 Å². The number of hydrogen-bond donors (Lipinski definition) is 2. The summed E-state index contributed by atoms with van der Waals surface area (Å²) in [6, 6.07) is 5.03. The lowest BCUT2D eigenvalue weighted by Gasteiger charge is -2.08. The van der Waals surface area contributed by atoms with Gasteiger partial charge in [0.1, 0.15) is 6.04 Å². The molecule has 1 atom stereocenters. The van der Waals surface area contributed by atoms with Gasteiger partial charge in [0.15, 0.2) is 0 Å². The molecule has 1 heterocycles. The van der Waals surface area contributed by atoms with Crippen LogP contribution in [0, 0.1) is 0 Å². The minimum absolute atomic E-state index is 0.247. The van der Waals surface area contributed by atoms with Gasteiger partial charge >= 0.3 is 5.97 Å². The van der Waals surface area contributed by atoms with Crippen LogP contribution in [0.1, 0.15) is 31.5 Å². The predicted octanol–water partition coefficient (Wildman–Crippen LogP) is 3.07. The van der Waals surface area contributed by atoms with Gasteiger partial charge in [-0.05, 0) is 26.0 Å². The molecular weight excluding hydrogens is 296 g/mol. The summed E-state index contributed by atoms with van der Waals surface area (Å²) in [6.07, 6.45) is 1.83. The van der Waals surface area contributed by atoms with E-state index in [0.29, 0.717) is 5.56 Å². The Morgan fingerprint density at radius 1 is 1.44 bits per heavy atom. The Morgan fingerprint density at radius 3 is 2.67 bits per heavy atom. The number of carboxylic acid groups (broad SMARTS) is 1. The highest BCUT2D eigenvalue weighted by Gasteiger charge is 2.22. The summed E-state index contributed by atoms with van der Waals surface area (Å²) < 4.78 is 2.91. The molecule has 5 heteroatoms. The molecule has 3 N–H and O–H groups in total. The van der Waals surface area contributed by atoms with Crippen LogP contribution in [0.15, 0.2) is 28.9 Å². The summed E-state index contributed by atoms with van der Waals surface area (Å²) in [5, 5.41) is 9.96. The van der Waals surface area contributed by atoms with Crippen molar-refractivity contribution in [1.82, 2.24) is 4.57 Å². The van der Waals surface area contributed by atoms with E-state index in [4.69, 9.17) is 10.8 Å². The third kappa shape index (κ3) is 2.04. The van der Waals surface area contributed by atoms with Crippen molar-refractivity contribution in [3.8, 4) is 0 Å². The van der Waals surface area contributed by atoms with Crippen LogP contribution < -0.4 is 5.73 Å². The Morgan fingerprint density at radius 2 is 2.11 bits per heavy atom. The number of carboxylic acids is 1. The van der Waals surface area contributed by atoms with E-state index < -0.39 is 12.0 Å². The Kier molecular flexibility index (Phi) is 3.45. The van der Waals surface area contributed by atoms with Crippen LogP contribution in [0.4, 0.5) is 0 Å². The molecule has 0 saturated heterocycles. The van der Waals surface area contributed by atoms with Gasteiger partial charge in [-0.2, -0.15) is 0 Å². The highest BCUT2D eigenvalue weighted by Crippen LogP contribution is 2.33. The number of halogens is 1. The van der Waals surface area contributed by atoms with E-state index in [0.717, 1.165) is 15.4 Å². The van der Waals surface area contributed by atoms with Crippen molar-refractivity contribution in [2.45, 2.75) is 25.9 Å². The first-order valence-electron chi connectivity index (χ1n) is 5.70. The van der Waals surface area contributed by atoms with Crippen molar-refractivity contribution in [2.75, 3.05) is 0 Å². The van der Waals surface area contributed by atoms with Gasteiger partial charge in [0, 0.05) is 33.2 Å². The zero-order valence-electron chi connectivity index (χ0n) is 10.2. The molecule has 0 amide bonds. The average molecular weight is 311 g/mol. The third-order valence-corrected chi connectivity index (χ3v) is 3.65. The fourth-order valence-corrected chi connectivity index (χ4v) is 2.68. The van der Waals surface area contributed by atoms with E-state index in [1.54, 1.807) is 0 Å². The molecule has 0 radical (unpaired) electrons. The van der Waals surface area contributed by atoms with E-state index in [2.05, 4.69) is 29.8 Å². The first-order chi connectivity index (χ1) is 8.43. The smallest absolute Gasteiger partial charge is 0.325 e. The number of hydrogen-bond acceptors (Lipinski definition) is 2. The quantitative estimate of drug-likeness (QED) is 0.915. The highest BCUT2D eigenvalue weighted by atomic mass is 79.9. The number of aromatic nitrogens is 1. The monoisotopic (exact) mass is 310 g/mol. The largest absolute Gasteiger partial charge is 0.480 e. The van der Waals surface area contributed by atoms with Gasteiger partial charge in [0.2, 0.25) is 0 Å². The fourth-order valence-electron chi connectivity index (χ4n) is 2.09. The second-order valence-corrected chi connectivity index (χ2v) is 5.39. The van der Waals surface area contributed by atoms with Crippen LogP contribution in [0.2, 0.25) is 0 Å². The van der Waals surface area contributed by atoms with Gasteiger partial charge in [-0.3, -0.25) is 4.79 Å². The summed E-state index contributed by atoms with van der Waals surface area (Å²) in [5.74, 6) is -1.02. The Balaban J connectivity index is 2.78. The molecule has 0 saturated carbocycles. The molecule has 4 nitrogen and oxygen atoms in total. The number of aliphatic carboxylic acids is 1. The lowest BCUT2D eigenvalue weighted by molar-refractivity contribution is -0.138. The predicted molar refractivity (Wildman–Crippen MR) is 74.6 cm³/mol. The normalized spacial score (nSPS) is 13.2. The van der Waals surface area contributed by atoms with Crippen LogP contribution in [-0.4, -0.2) is 15.6 Å². The maximum Gasteiger partial charge on any atom is 0.325 e. The molecule has 18 heavy (non-hydrogen) atoms. The number of nitrogens with two attached hydrogens (primary N) is 1. The van der Waals surface area contributed by atoms with Gasteiger partial charge in [-0.25, -0.2) is 0 Å². The molecular formula is C13H15BrN2O2. The Labute approximate surface area is 114 Å². The summed E-state index contributed by atoms with van der Waals surface area (Å²) >= 11 is 3.47. The third-order valence-electron chi connectivity index (χ3n) is 2.99. The minimum atomic E-state index is -1.02. The van der Waals surface area contributed by atoms with Crippen molar-refractivity contribution in [3.63, 3.8) is 0 Å². The van der Waals surface area contributed by atoms with Crippen LogP contribution in [0.3, 0.4) is 0 Å². The molecule has 1 aromatic carbocycles. The molecule has 0 spiro atoms. The van der Waals surface area contributed by atoms with Crippen molar-refractivity contribution < 1.29 is 9.90 Å². The molecule has 0 aliphatic heterocycles. The summed E-state index contributed by atoms with van der Waals surface area (Å²) in [7, 11) is 0. The molecule has 1 aromatic heterocycles. The Hall–Kier alpha value is -1.33. The standard InChI is InChI=1S/C13H15BrN2O2/c1-7(2)16-6-8(12(15)13(17)18)11-9(14)4-3-5-10(11)16/h3-7,12H,15H2,1-2H3,(H,17,18).